The summed E-state index contributed by atoms with van der Waals surface area (Å²) in [6, 6.07) is 9.45. The Morgan fingerprint density at radius 2 is 1.87 bits per heavy atom. The molecule has 2 aliphatic rings. The predicted molar refractivity (Wildman–Crippen MR) is 108 cm³/mol. The maximum Gasteiger partial charge on any atom is 0.300 e. The average Bonchev–Trinajstić information content (AvgIpc) is 3.50. The summed E-state index contributed by atoms with van der Waals surface area (Å²) < 4.78 is 39.0. The molecule has 3 heterocycles. The molecular formula is C22H13F2NO5S. The summed E-state index contributed by atoms with van der Waals surface area (Å²) in [5.41, 5.74) is -0.385. The molecule has 1 saturated heterocycles. The topological polar surface area (TPSA) is 76.1 Å². The molecule has 1 unspecified atom stereocenters. The molecule has 1 fully saturated rings. The Balaban J connectivity index is 1.71. The van der Waals surface area contributed by atoms with Gasteiger partial charge in [0.2, 0.25) is 6.79 Å². The van der Waals surface area contributed by atoms with Crippen LogP contribution in [-0.4, -0.2) is 23.6 Å². The van der Waals surface area contributed by atoms with Crippen LogP contribution < -0.4 is 14.4 Å². The lowest BCUT2D eigenvalue weighted by molar-refractivity contribution is -0.132. The molecule has 1 N–H and O–H groups in total. The summed E-state index contributed by atoms with van der Waals surface area (Å²) in [5.74, 6) is -3.29. The first-order chi connectivity index (χ1) is 15.0. The fourth-order valence-corrected chi connectivity index (χ4v) is 4.49. The smallest absolute Gasteiger partial charge is 0.300 e. The molecule has 1 atom stereocenters. The lowest BCUT2D eigenvalue weighted by Gasteiger charge is -2.24. The van der Waals surface area contributed by atoms with Gasteiger partial charge in [-0.15, -0.1) is 11.3 Å². The van der Waals surface area contributed by atoms with E-state index in [1.165, 1.54) is 23.5 Å². The number of Topliss-reactive ketones (excluding diaryl/α,β-unsaturated/α-hetero) is 1. The zero-order chi connectivity index (χ0) is 21.7. The highest BCUT2D eigenvalue weighted by atomic mass is 32.1. The SMILES string of the molecule is O=C1C(=O)N(c2cc(F)ccc2F)C(c2cccs2)/C1=C(/O)c1ccc2c(c1)OCO2. The Kier molecular flexibility index (Phi) is 4.48. The van der Waals surface area contributed by atoms with Crippen LogP contribution in [-0.2, 0) is 9.59 Å². The van der Waals surface area contributed by atoms with Crippen LogP contribution >= 0.6 is 11.3 Å². The number of carbonyl (C=O) groups excluding carboxylic acids is 2. The van der Waals surface area contributed by atoms with E-state index in [4.69, 9.17) is 9.47 Å². The van der Waals surface area contributed by atoms with E-state index >= 15 is 0 Å². The van der Waals surface area contributed by atoms with Crippen molar-refractivity contribution in [3.63, 3.8) is 0 Å². The normalized spacial score (nSPS) is 19.3. The molecule has 0 aliphatic carbocycles. The van der Waals surface area contributed by atoms with Crippen LogP contribution in [0.2, 0.25) is 0 Å². The zero-order valence-corrected chi connectivity index (χ0v) is 16.5. The maximum atomic E-state index is 14.6. The largest absolute Gasteiger partial charge is 0.507 e. The standard InChI is InChI=1S/C22H13F2NO5S/c23-12-4-5-13(24)14(9-12)25-19(17-2-1-7-31-17)18(21(27)22(25)28)20(26)11-3-6-15-16(8-11)30-10-29-15/h1-9,19,26H,10H2/b20-18-. The van der Waals surface area contributed by atoms with Crippen LogP contribution in [0.4, 0.5) is 14.5 Å². The van der Waals surface area contributed by atoms with E-state index in [1.54, 1.807) is 23.6 Å². The van der Waals surface area contributed by atoms with Crippen LogP contribution in [0.5, 0.6) is 11.5 Å². The van der Waals surface area contributed by atoms with Crippen molar-refractivity contribution in [1.29, 1.82) is 0 Å². The van der Waals surface area contributed by atoms with Crippen molar-refractivity contribution in [3.8, 4) is 11.5 Å². The van der Waals surface area contributed by atoms with Crippen molar-refractivity contribution in [1.82, 2.24) is 0 Å². The highest BCUT2D eigenvalue weighted by Crippen LogP contribution is 2.45. The molecule has 0 bridgehead atoms. The molecule has 5 rings (SSSR count). The second-order valence-electron chi connectivity index (χ2n) is 6.85. The molecule has 156 valence electrons. The number of anilines is 1. The number of fused-ring (bicyclic) bond motifs is 1. The van der Waals surface area contributed by atoms with Gasteiger partial charge in [-0.2, -0.15) is 0 Å². The molecule has 1 aromatic heterocycles. The third-order valence-corrected chi connectivity index (χ3v) is 6.00. The van der Waals surface area contributed by atoms with Crippen molar-refractivity contribution in [2.45, 2.75) is 6.04 Å². The first-order valence-electron chi connectivity index (χ1n) is 9.15. The highest BCUT2D eigenvalue weighted by Gasteiger charge is 2.48. The molecule has 1 amide bonds. The monoisotopic (exact) mass is 441 g/mol. The number of aliphatic hydroxyl groups excluding tert-OH is 1. The summed E-state index contributed by atoms with van der Waals surface area (Å²) in [5, 5.41) is 12.7. The quantitative estimate of drug-likeness (QED) is 0.371. The van der Waals surface area contributed by atoms with Crippen LogP contribution in [0.25, 0.3) is 5.76 Å². The number of aliphatic hydroxyl groups is 1. The minimum absolute atomic E-state index is 0.0258. The highest BCUT2D eigenvalue weighted by molar-refractivity contribution is 7.10. The lowest BCUT2D eigenvalue weighted by atomic mass is 9.99. The molecule has 0 spiro atoms. The van der Waals surface area contributed by atoms with Gasteiger partial charge >= 0.3 is 0 Å². The second-order valence-corrected chi connectivity index (χ2v) is 7.83. The van der Waals surface area contributed by atoms with Crippen molar-refractivity contribution in [2.24, 2.45) is 0 Å². The number of ether oxygens (including phenoxy) is 2. The van der Waals surface area contributed by atoms with Crippen molar-refractivity contribution < 1.29 is 33.0 Å². The van der Waals surface area contributed by atoms with Gasteiger partial charge in [0.25, 0.3) is 11.7 Å². The zero-order valence-electron chi connectivity index (χ0n) is 15.7. The Morgan fingerprint density at radius 1 is 1.06 bits per heavy atom. The first-order valence-corrected chi connectivity index (χ1v) is 10.0. The molecule has 31 heavy (non-hydrogen) atoms. The number of thiophene rings is 1. The van der Waals surface area contributed by atoms with E-state index in [2.05, 4.69) is 0 Å². The van der Waals surface area contributed by atoms with E-state index < -0.39 is 35.1 Å². The molecule has 2 aliphatic heterocycles. The number of nitrogens with zero attached hydrogens (tertiary/aromatic N) is 1. The molecule has 2 aromatic carbocycles. The predicted octanol–water partition coefficient (Wildman–Crippen LogP) is 4.38. The number of rotatable bonds is 3. The molecule has 3 aromatic rings. The number of hydrogen-bond acceptors (Lipinski definition) is 6. The van der Waals surface area contributed by atoms with Crippen LogP contribution in [0, 0.1) is 11.6 Å². The lowest BCUT2D eigenvalue weighted by Crippen LogP contribution is -2.30. The number of benzene rings is 2. The van der Waals surface area contributed by atoms with Gasteiger partial charge in [-0.3, -0.25) is 14.5 Å². The van der Waals surface area contributed by atoms with Gasteiger partial charge in [-0.25, -0.2) is 8.78 Å². The van der Waals surface area contributed by atoms with E-state index in [-0.39, 0.29) is 23.6 Å². The number of amides is 1. The van der Waals surface area contributed by atoms with E-state index in [1.807, 2.05) is 0 Å². The van der Waals surface area contributed by atoms with Crippen molar-refractivity contribution in [3.05, 3.63) is 81.6 Å². The van der Waals surface area contributed by atoms with Crippen molar-refractivity contribution >= 4 is 34.5 Å². The third kappa shape index (κ3) is 3.05. The minimum Gasteiger partial charge on any atom is -0.507 e. The average molecular weight is 441 g/mol. The minimum atomic E-state index is -1.12. The van der Waals surface area contributed by atoms with Gasteiger partial charge in [-0.05, 0) is 41.8 Å². The number of ketones is 1. The molecule has 9 heteroatoms. The number of hydrogen-bond donors (Lipinski definition) is 1. The van der Waals surface area contributed by atoms with E-state index in [0.29, 0.717) is 16.4 Å². The van der Waals surface area contributed by atoms with Gasteiger partial charge in [0.05, 0.1) is 11.3 Å². The number of halogens is 2. The third-order valence-electron chi connectivity index (χ3n) is 5.07. The Hall–Kier alpha value is -3.72. The Morgan fingerprint density at radius 3 is 2.65 bits per heavy atom. The van der Waals surface area contributed by atoms with E-state index in [0.717, 1.165) is 23.1 Å². The van der Waals surface area contributed by atoms with Gasteiger partial charge in [0, 0.05) is 16.5 Å². The van der Waals surface area contributed by atoms with E-state index in [9.17, 15) is 23.5 Å². The molecular weight excluding hydrogens is 428 g/mol. The van der Waals surface area contributed by atoms with Gasteiger partial charge < -0.3 is 14.6 Å². The van der Waals surface area contributed by atoms with Crippen molar-refractivity contribution in [2.75, 3.05) is 11.7 Å². The molecule has 6 nitrogen and oxygen atoms in total. The maximum absolute atomic E-state index is 14.6. The van der Waals surface area contributed by atoms with Crippen LogP contribution in [0.15, 0.2) is 59.5 Å². The summed E-state index contributed by atoms with van der Waals surface area (Å²) in [6.07, 6.45) is 0. The first kappa shape index (κ1) is 19.3. The Labute approximate surface area is 178 Å². The number of carbonyl (C=O) groups is 2. The second kappa shape index (κ2) is 7.21. The van der Waals surface area contributed by atoms with Gasteiger partial charge in [-0.1, -0.05) is 6.07 Å². The molecule has 0 radical (unpaired) electrons. The Bertz CT molecular complexity index is 1250. The van der Waals surface area contributed by atoms with Crippen LogP contribution in [0.1, 0.15) is 16.5 Å². The van der Waals surface area contributed by atoms with Gasteiger partial charge in [0.1, 0.15) is 23.4 Å². The summed E-state index contributed by atoms with van der Waals surface area (Å²) >= 11 is 1.22. The summed E-state index contributed by atoms with van der Waals surface area (Å²) in [7, 11) is 0. The van der Waals surface area contributed by atoms with Crippen LogP contribution in [0.3, 0.4) is 0 Å². The fraction of sp³-hybridized carbons (Fsp3) is 0.0909. The molecule has 0 saturated carbocycles. The van der Waals surface area contributed by atoms with Gasteiger partial charge in [0.15, 0.2) is 11.5 Å². The fourth-order valence-electron chi connectivity index (χ4n) is 3.67. The summed E-state index contributed by atoms with van der Waals surface area (Å²) in [4.78, 5) is 27.3. The summed E-state index contributed by atoms with van der Waals surface area (Å²) in [6.45, 7) is 0.0258.